The zero-order valence-electron chi connectivity index (χ0n) is 5.11. The number of allylic oxidation sites excluding steroid dienone is 3. The Morgan fingerprint density at radius 3 is 2.25 bits per heavy atom. The predicted octanol–water partition coefficient (Wildman–Crippen LogP) is 1.72. The van der Waals surface area contributed by atoms with Crippen LogP contribution in [0.3, 0.4) is 0 Å². The Bertz CT molecular complexity index is 120. The van der Waals surface area contributed by atoms with Crippen LogP contribution in [-0.2, 0) is 0 Å². The average Bonchev–Trinajstić information content (AvgIpc) is 1.67. The van der Waals surface area contributed by atoms with Gasteiger partial charge in [-0.2, -0.15) is 4.39 Å². The van der Waals surface area contributed by atoms with Gasteiger partial charge in [0.15, 0.2) is 5.95 Å². The molecule has 0 aromatic heterocycles. The van der Waals surface area contributed by atoms with Crippen LogP contribution in [-0.4, -0.2) is 0 Å². The summed E-state index contributed by atoms with van der Waals surface area (Å²) in [6, 6.07) is 0. The number of rotatable bonds is 1. The highest BCUT2D eigenvalue weighted by atomic mass is 19.1. The zero-order chi connectivity index (χ0) is 6.57. The summed E-state index contributed by atoms with van der Waals surface area (Å²) in [5, 5.41) is 0. The maximum Gasteiger partial charge on any atom is 0.187 e. The maximum absolute atomic E-state index is 11.9. The SMILES string of the molecule is C/C=C\C(C)=C(/N)F. The van der Waals surface area contributed by atoms with Crippen LogP contribution in [0.15, 0.2) is 23.7 Å². The van der Waals surface area contributed by atoms with E-state index in [0.717, 1.165) is 0 Å². The highest BCUT2D eigenvalue weighted by molar-refractivity contribution is 5.16. The van der Waals surface area contributed by atoms with Gasteiger partial charge in [0.1, 0.15) is 0 Å². The van der Waals surface area contributed by atoms with Crippen molar-refractivity contribution >= 4 is 0 Å². The van der Waals surface area contributed by atoms with E-state index in [2.05, 4.69) is 0 Å². The lowest BCUT2D eigenvalue weighted by Gasteiger charge is -1.87. The second-order valence-corrected chi connectivity index (χ2v) is 1.53. The van der Waals surface area contributed by atoms with E-state index >= 15 is 0 Å². The molecule has 0 spiro atoms. The molecule has 0 radical (unpaired) electrons. The zero-order valence-corrected chi connectivity index (χ0v) is 5.11. The van der Waals surface area contributed by atoms with Crippen molar-refractivity contribution < 1.29 is 4.39 Å². The monoisotopic (exact) mass is 115 g/mol. The lowest BCUT2D eigenvalue weighted by molar-refractivity contribution is 0.618. The third kappa shape index (κ3) is 2.39. The molecule has 0 bridgehead atoms. The molecular formula is C6H10FN. The van der Waals surface area contributed by atoms with Crippen molar-refractivity contribution in [3.8, 4) is 0 Å². The number of nitrogens with two attached hydrogens (primary N) is 1. The fourth-order valence-electron chi connectivity index (χ4n) is 0.330. The quantitative estimate of drug-likeness (QED) is 0.408. The van der Waals surface area contributed by atoms with Crippen molar-refractivity contribution in [1.82, 2.24) is 0 Å². The lowest BCUT2D eigenvalue weighted by atomic mass is 10.3. The van der Waals surface area contributed by atoms with Gasteiger partial charge in [-0.3, -0.25) is 0 Å². The molecule has 0 saturated heterocycles. The molecule has 0 aliphatic rings. The summed E-state index contributed by atoms with van der Waals surface area (Å²) in [6.07, 6.45) is 3.36. The van der Waals surface area contributed by atoms with E-state index in [1.54, 1.807) is 19.1 Å². The van der Waals surface area contributed by atoms with Gasteiger partial charge in [-0.15, -0.1) is 0 Å². The minimum atomic E-state index is -0.608. The minimum absolute atomic E-state index is 0.479. The third-order valence-corrected chi connectivity index (χ3v) is 0.793. The second kappa shape index (κ2) is 3.24. The Balaban J connectivity index is 4.00. The molecule has 46 valence electrons. The smallest absolute Gasteiger partial charge is 0.187 e. The minimum Gasteiger partial charge on any atom is -0.375 e. The van der Waals surface area contributed by atoms with Crippen molar-refractivity contribution in [2.24, 2.45) is 5.73 Å². The topological polar surface area (TPSA) is 26.0 Å². The first-order valence-corrected chi connectivity index (χ1v) is 2.43. The van der Waals surface area contributed by atoms with E-state index < -0.39 is 5.95 Å². The first-order valence-electron chi connectivity index (χ1n) is 2.43. The number of hydrogen-bond acceptors (Lipinski definition) is 1. The molecule has 0 unspecified atom stereocenters. The summed E-state index contributed by atoms with van der Waals surface area (Å²) in [5.74, 6) is -0.608. The molecule has 0 amide bonds. The molecule has 0 rings (SSSR count). The van der Waals surface area contributed by atoms with Crippen molar-refractivity contribution in [3.05, 3.63) is 23.7 Å². The fraction of sp³-hybridized carbons (Fsp3) is 0.333. The Morgan fingerprint density at radius 2 is 2.12 bits per heavy atom. The summed E-state index contributed by atoms with van der Waals surface area (Å²) >= 11 is 0. The van der Waals surface area contributed by atoms with E-state index in [-0.39, 0.29) is 0 Å². The Morgan fingerprint density at radius 1 is 1.62 bits per heavy atom. The van der Waals surface area contributed by atoms with E-state index in [9.17, 15) is 4.39 Å². The van der Waals surface area contributed by atoms with E-state index in [0.29, 0.717) is 5.57 Å². The van der Waals surface area contributed by atoms with Crippen LogP contribution < -0.4 is 5.73 Å². The summed E-state index contributed by atoms with van der Waals surface area (Å²) in [6.45, 7) is 3.43. The Hall–Kier alpha value is -0.790. The van der Waals surface area contributed by atoms with E-state index in [1.165, 1.54) is 0 Å². The highest BCUT2D eigenvalue weighted by Crippen LogP contribution is 1.99. The normalized spacial score (nSPS) is 14.4. The molecule has 0 atom stereocenters. The molecule has 0 aromatic rings. The van der Waals surface area contributed by atoms with Crippen LogP contribution in [0.5, 0.6) is 0 Å². The van der Waals surface area contributed by atoms with Crippen LogP contribution in [0.1, 0.15) is 13.8 Å². The molecule has 8 heavy (non-hydrogen) atoms. The molecule has 2 N–H and O–H groups in total. The van der Waals surface area contributed by atoms with Gasteiger partial charge >= 0.3 is 0 Å². The first-order chi connectivity index (χ1) is 3.68. The van der Waals surface area contributed by atoms with Gasteiger partial charge in [-0.1, -0.05) is 12.2 Å². The van der Waals surface area contributed by atoms with Crippen molar-refractivity contribution in [2.45, 2.75) is 13.8 Å². The standard InChI is InChI=1S/C6H10FN/c1-3-4-5(2)6(7)8/h3-4H,8H2,1-2H3/b4-3-,6-5-. The van der Waals surface area contributed by atoms with Gasteiger partial charge in [0.25, 0.3) is 0 Å². The van der Waals surface area contributed by atoms with Crippen LogP contribution in [0, 0.1) is 0 Å². The molecule has 2 heteroatoms. The maximum atomic E-state index is 11.9. The summed E-state index contributed by atoms with van der Waals surface area (Å²) in [4.78, 5) is 0. The second-order valence-electron chi connectivity index (χ2n) is 1.53. The lowest BCUT2D eigenvalue weighted by Crippen LogP contribution is -1.90. The van der Waals surface area contributed by atoms with Crippen LogP contribution in [0.25, 0.3) is 0 Å². The van der Waals surface area contributed by atoms with Crippen LogP contribution in [0.4, 0.5) is 4.39 Å². The molecule has 0 fully saturated rings. The van der Waals surface area contributed by atoms with Crippen molar-refractivity contribution in [2.75, 3.05) is 0 Å². The third-order valence-electron chi connectivity index (χ3n) is 0.793. The Labute approximate surface area is 48.7 Å². The van der Waals surface area contributed by atoms with Crippen molar-refractivity contribution in [3.63, 3.8) is 0 Å². The number of hydrogen-bond donors (Lipinski definition) is 1. The molecule has 0 aliphatic carbocycles. The summed E-state index contributed by atoms with van der Waals surface area (Å²) in [5.41, 5.74) is 5.26. The van der Waals surface area contributed by atoms with Gasteiger partial charge in [0.05, 0.1) is 0 Å². The van der Waals surface area contributed by atoms with Gasteiger partial charge in [-0.05, 0) is 13.8 Å². The summed E-state index contributed by atoms with van der Waals surface area (Å²) in [7, 11) is 0. The Kier molecular flexibility index (Phi) is 2.92. The molecule has 0 aliphatic heterocycles. The predicted molar refractivity (Wildman–Crippen MR) is 32.8 cm³/mol. The fourth-order valence-corrected chi connectivity index (χ4v) is 0.330. The average molecular weight is 115 g/mol. The molecule has 1 nitrogen and oxygen atoms in total. The summed E-state index contributed by atoms with van der Waals surface area (Å²) < 4.78 is 11.9. The molecule has 0 aromatic carbocycles. The van der Waals surface area contributed by atoms with Gasteiger partial charge in [-0.25, -0.2) is 0 Å². The largest absolute Gasteiger partial charge is 0.375 e. The highest BCUT2D eigenvalue weighted by Gasteiger charge is 1.86. The first kappa shape index (κ1) is 7.21. The molecule has 0 heterocycles. The molecular weight excluding hydrogens is 105 g/mol. The van der Waals surface area contributed by atoms with E-state index in [4.69, 9.17) is 5.73 Å². The number of halogens is 1. The van der Waals surface area contributed by atoms with Crippen LogP contribution >= 0.6 is 0 Å². The van der Waals surface area contributed by atoms with Gasteiger partial charge in [0, 0.05) is 5.57 Å². The van der Waals surface area contributed by atoms with E-state index in [1.807, 2.05) is 6.92 Å². The van der Waals surface area contributed by atoms with Crippen LogP contribution in [0.2, 0.25) is 0 Å². The molecule has 0 saturated carbocycles. The van der Waals surface area contributed by atoms with Gasteiger partial charge in [0.2, 0.25) is 0 Å². The van der Waals surface area contributed by atoms with Crippen molar-refractivity contribution in [1.29, 1.82) is 0 Å². The van der Waals surface area contributed by atoms with Gasteiger partial charge < -0.3 is 5.73 Å².